The number of urea groups is 1. The smallest absolute Gasteiger partial charge is 0.325 e. The van der Waals surface area contributed by atoms with E-state index in [-0.39, 0.29) is 12.1 Å². The van der Waals surface area contributed by atoms with Gasteiger partial charge in [-0.25, -0.2) is 13.6 Å². The molecule has 6 nitrogen and oxygen atoms in total. The highest BCUT2D eigenvalue weighted by atomic mass is 19.1. The fourth-order valence-corrected chi connectivity index (χ4v) is 3.14. The third-order valence-electron chi connectivity index (χ3n) is 4.72. The zero-order chi connectivity index (χ0) is 20.5. The van der Waals surface area contributed by atoms with Crippen molar-refractivity contribution in [1.82, 2.24) is 15.1 Å². The maximum atomic E-state index is 14.2. The van der Waals surface area contributed by atoms with Crippen LogP contribution >= 0.6 is 0 Å². The van der Waals surface area contributed by atoms with Gasteiger partial charge in [-0.15, -0.1) is 0 Å². The summed E-state index contributed by atoms with van der Waals surface area (Å²) >= 11 is 0. The van der Waals surface area contributed by atoms with Gasteiger partial charge in [-0.05, 0) is 30.7 Å². The Kier molecular flexibility index (Phi) is 5.13. The average Bonchev–Trinajstić information content (AvgIpc) is 2.86. The van der Waals surface area contributed by atoms with Crippen molar-refractivity contribution in [3.63, 3.8) is 0 Å². The number of halogens is 2. The Morgan fingerprint density at radius 2 is 1.86 bits per heavy atom. The summed E-state index contributed by atoms with van der Waals surface area (Å²) < 4.78 is 27.4. The fraction of sp³-hybridized carbons (Fsp3) is 0.250. The van der Waals surface area contributed by atoms with E-state index >= 15 is 0 Å². The summed E-state index contributed by atoms with van der Waals surface area (Å²) in [5.74, 6) is -2.27. The van der Waals surface area contributed by atoms with Crippen LogP contribution in [0.25, 0.3) is 0 Å². The summed E-state index contributed by atoms with van der Waals surface area (Å²) in [5.41, 5.74) is -0.996. The number of benzene rings is 2. The summed E-state index contributed by atoms with van der Waals surface area (Å²) in [5, 5.41) is 2.47. The quantitative estimate of drug-likeness (QED) is 0.801. The van der Waals surface area contributed by atoms with Gasteiger partial charge in [-0.2, -0.15) is 0 Å². The summed E-state index contributed by atoms with van der Waals surface area (Å²) in [7, 11) is 1.49. The number of nitrogens with one attached hydrogen (secondary N) is 1. The van der Waals surface area contributed by atoms with Crippen molar-refractivity contribution in [2.24, 2.45) is 0 Å². The maximum Gasteiger partial charge on any atom is 0.325 e. The molecule has 1 aliphatic rings. The third-order valence-corrected chi connectivity index (χ3v) is 4.72. The maximum absolute atomic E-state index is 14.2. The lowest BCUT2D eigenvalue weighted by atomic mass is 9.91. The predicted octanol–water partition coefficient (Wildman–Crippen LogP) is 2.39. The van der Waals surface area contributed by atoms with Crippen LogP contribution in [0.1, 0.15) is 18.1 Å². The van der Waals surface area contributed by atoms with Gasteiger partial charge in [-0.3, -0.25) is 14.5 Å². The van der Waals surface area contributed by atoms with Crippen LogP contribution in [0.15, 0.2) is 48.5 Å². The molecule has 2 aromatic carbocycles. The Labute approximate surface area is 160 Å². The molecule has 0 bridgehead atoms. The largest absolute Gasteiger partial charge is 0.340 e. The van der Waals surface area contributed by atoms with Gasteiger partial charge in [-0.1, -0.05) is 30.3 Å². The summed E-state index contributed by atoms with van der Waals surface area (Å²) in [4.78, 5) is 39.6. The van der Waals surface area contributed by atoms with Crippen LogP contribution in [-0.2, 0) is 21.7 Å². The lowest BCUT2D eigenvalue weighted by Gasteiger charge is -2.23. The van der Waals surface area contributed by atoms with E-state index in [0.717, 1.165) is 4.90 Å². The van der Waals surface area contributed by atoms with Crippen molar-refractivity contribution in [2.75, 3.05) is 13.6 Å². The molecule has 146 valence electrons. The molecule has 8 heteroatoms. The molecule has 0 aromatic heterocycles. The van der Waals surface area contributed by atoms with Gasteiger partial charge in [0.1, 0.15) is 23.7 Å². The number of likely N-dealkylation sites (N-methyl/N-ethyl adjacent to an activating group) is 1. The van der Waals surface area contributed by atoms with Gasteiger partial charge in [0.2, 0.25) is 5.91 Å². The fourth-order valence-electron chi connectivity index (χ4n) is 3.14. The van der Waals surface area contributed by atoms with Gasteiger partial charge in [0.25, 0.3) is 5.91 Å². The van der Waals surface area contributed by atoms with E-state index in [2.05, 4.69) is 5.32 Å². The Balaban J connectivity index is 1.73. The minimum Gasteiger partial charge on any atom is -0.340 e. The van der Waals surface area contributed by atoms with Crippen LogP contribution in [0.2, 0.25) is 0 Å². The normalized spacial score (nSPS) is 18.9. The van der Waals surface area contributed by atoms with Crippen molar-refractivity contribution in [2.45, 2.75) is 19.0 Å². The molecule has 4 amide bonds. The van der Waals surface area contributed by atoms with Crippen molar-refractivity contribution in [1.29, 1.82) is 0 Å². The Hall–Kier alpha value is -3.29. The van der Waals surface area contributed by atoms with Gasteiger partial charge in [0.05, 0.1) is 0 Å². The van der Waals surface area contributed by atoms with Gasteiger partial charge in [0.15, 0.2) is 0 Å². The average molecular weight is 387 g/mol. The molecule has 1 N–H and O–H groups in total. The number of hydrogen-bond donors (Lipinski definition) is 1. The van der Waals surface area contributed by atoms with Crippen LogP contribution < -0.4 is 5.32 Å². The van der Waals surface area contributed by atoms with E-state index in [9.17, 15) is 23.2 Å². The Morgan fingerprint density at radius 3 is 2.54 bits per heavy atom. The lowest BCUT2D eigenvalue weighted by molar-refractivity contribution is -0.138. The molecule has 1 atom stereocenters. The Bertz CT molecular complexity index is 950. The molecule has 2 aromatic rings. The summed E-state index contributed by atoms with van der Waals surface area (Å²) in [6, 6.07) is 10.7. The summed E-state index contributed by atoms with van der Waals surface area (Å²) in [6.45, 7) is 1.01. The first-order valence-corrected chi connectivity index (χ1v) is 8.60. The molecule has 3 rings (SSSR count). The van der Waals surface area contributed by atoms with E-state index in [1.807, 2.05) is 0 Å². The predicted molar refractivity (Wildman–Crippen MR) is 96.9 cm³/mol. The monoisotopic (exact) mass is 387 g/mol. The molecule has 0 radical (unpaired) electrons. The number of imide groups is 1. The molecule has 0 aliphatic carbocycles. The van der Waals surface area contributed by atoms with Crippen molar-refractivity contribution in [3.05, 3.63) is 71.3 Å². The van der Waals surface area contributed by atoms with E-state index in [4.69, 9.17) is 0 Å². The molecule has 1 heterocycles. The molecule has 1 fully saturated rings. The minimum atomic E-state index is -1.59. The van der Waals surface area contributed by atoms with Crippen LogP contribution in [0.4, 0.5) is 13.6 Å². The number of nitrogens with zero attached hydrogens (tertiary/aromatic N) is 2. The molecule has 1 saturated heterocycles. The second-order valence-electron chi connectivity index (χ2n) is 6.81. The van der Waals surface area contributed by atoms with E-state index < -0.39 is 41.6 Å². The first-order chi connectivity index (χ1) is 13.2. The molecule has 28 heavy (non-hydrogen) atoms. The number of rotatable bonds is 5. The molecule has 1 aliphatic heterocycles. The van der Waals surface area contributed by atoms with Gasteiger partial charge >= 0.3 is 6.03 Å². The van der Waals surface area contributed by atoms with Crippen LogP contribution in [-0.4, -0.2) is 41.2 Å². The van der Waals surface area contributed by atoms with Crippen molar-refractivity contribution in [3.8, 4) is 0 Å². The van der Waals surface area contributed by atoms with E-state index in [0.29, 0.717) is 5.56 Å². The molecular weight excluding hydrogens is 368 g/mol. The van der Waals surface area contributed by atoms with E-state index in [1.54, 1.807) is 12.1 Å². The molecule has 1 unspecified atom stereocenters. The highest BCUT2D eigenvalue weighted by Crippen LogP contribution is 2.30. The highest BCUT2D eigenvalue weighted by molar-refractivity contribution is 6.09. The second-order valence-corrected chi connectivity index (χ2v) is 6.81. The zero-order valence-corrected chi connectivity index (χ0v) is 15.4. The second kappa shape index (κ2) is 7.38. The number of amides is 4. The first-order valence-electron chi connectivity index (χ1n) is 8.60. The lowest BCUT2D eigenvalue weighted by Crippen LogP contribution is -2.44. The topological polar surface area (TPSA) is 69.7 Å². The zero-order valence-electron chi connectivity index (χ0n) is 15.4. The third kappa shape index (κ3) is 3.58. The van der Waals surface area contributed by atoms with Crippen LogP contribution in [0.5, 0.6) is 0 Å². The highest BCUT2D eigenvalue weighted by Gasteiger charge is 2.50. The van der Waals surface area contributed by atoms with Gasteiger partial charge < -0.3 is 10.2 Å². The molecule has 0 saturated carbocycles. The standard InChI is InChI=1S/C20H19F2N3O3/c1-20(15-8-3-4-9-16(15)22)18(27)25(19(28)23-20)12-17(26)24(2)11-13-6-5-7-14(21)10-13/h3-10H,11-12H2,1-2H3,(H,23,28). The number of carbonyl (C=O) groups is 3. The van der Waals surface area contributed by atoms with Gasteiger partial charge in [0, 0.05) is 19.2 Å². The van der Waals surface area contributed by atoms with E-state index in [1.165, 1.54) is 55.3 Å². The molecule has 0 spiro atoms. The van der Waals surface area contributed by atoms with Crippen LogP contribution in [0.3, 0.4) is 0 Å². The molecular formula is C20H19F2N3O3. The van der Waals surface area contributed by atoms with Crippen molar-refractivity contribution < 1.29 is 23.2 Å². The van der Waals surface area contributed by atoms with Crippen molar-refractivity contribution >= 4 is 17.8 Å². The SMILES string of the molecule is CN(Cc1cccc(F)c1)C(=O)CN1C(=O)NC(C)(c2ccccc2F)C1=O. The Morgan fingerprint density at radius 1 is 1.14 bits per heavy atom. The first kappa shape index (κ1) is 19.5. The summed E-state index contributed by atoms with van der Waals surface area (Å²) in [6.07, 6.45) is 0. The number of carbonyl (C=O) groups excluding carboxylic acids is 3. The number of hydrogen-bond acceptors (Lipinski definition) is 3. The minimum absolute atomic E-state index is 0.0245. The van der Waals surface area contributed by atoms with Crippen LogP contribution in [0, 0.1) is 11.6 Å².